The Hall–Kier alpha value is -0.370. The summed E-state index contributed by atoms with van der Waals surface area (Å²) in [5, 5.41) is 0. The summed E-state index contributed by atoms with van der Waals surface area (Å²) in [6.45, 7) is 0.908. The van der Waals surface area contributed by atoms with Gasteiger partial charge in [-0.25, -0.2) is 0 Å². The van der Waals surface area contributed by atoms with Crippen molar-refractivity contribution < 1.29 is 9.53 Å². The van der Waals surface area contributed by atoms with E-state index in [0.717, 1.165) is 25.7 Å². The third kappa shape index (κ3) is 13.6. The number of ether oxygens (including phenoxy) is 1. The Bertz CT molecular complexity index is 124. The zero-order valence-electron chi connectivity index (χ0n) is 10.2. The van der Waals surface area contributed by atoms with E-state index in [0.29, 0.717) is 0 Å². The molecule has 0 aliphatic heterocycles. The summed E-state index contributed by atoms with van der Waals surface area (Å²) in [6, 6.07) is 0. The SMILES string of the molecule is COCCCCCCCCCCCC=O. The smallest absolute Gasteiger partial charge is 0.119 e. The first-order valence-electron chi connectivity index (χ1n) is 6.34. The van der Waals surface area contributed by atoms with E-state index >= 15 is 0 Å². The summed E-state index contributed by atoms with van der Waals surface area (Å²) >= 11 is 0. The Labute approximate surface area is 94.4 Å². The molecule has 0 unspecified atom stereocenters. The van der Waals surface area contributed by atoms with Gasteiger partial charge in [0.25, 0.3) is 0 Å². The lowest BCUT2D eigenvalue weighted by Gasteiger charge is -2.01. The lowest BCUT2D eigenvalue weighted by Crippen LogP contribution is -1.88. The molecular formula is C13H26O2. The van der Waals surface area contributed by atoms with E-state index < -0.39 is 0 Å². The molecule has 15 heavy (non-hydrogen) atoms. The molecule has 0 saturated carbocycles. The molecule has 2 heteroatoms. The van der Waals surface area contributed by atoms with Gasteiger partial charge in [0.1, 0.15) is 6.29 Å². The predicted molar refractivity (Wildman–Crippen MR) is 64.1 cm³/mol. The van der Waals surface area contributed by atoms with Crippen LogP contribution in [0.4, 0.5) is 0 Å². The van der Waals surface area contributed by atoms with Gasteiger partial charge in [0.2, 0.25) is 0 Å². The first-order valence-corrected chi connectivity index (χ1v) is 6.34. The van der Waals surface area contributed by atoms with E-state index in [1.54, 1.807) is 7.11 Å². The van der Waals surface area contributed by atoms with Crippen molar-refractivity contribution in [3.05, 3.63) is 0 Å². The van der Waals surface area contributed by atoms with Gasteiger partial charge < -0.3 is 9.53 Å². The van der Waals surface area contributed by atoms with Gasteiger partial charge in [-0.2, -0.15) is 0 Å². The van der Waals surface area contributed by atoms with E-state index in [2.05, 4.69) is 0 Å². The third-order valence-electron chi connectivity index (χ3n) is 2.67. The topological polar surface area (TPSA) is 26.3 Å². The summed E-state index contributed by atoms with van der Waals surface area (Å²) in [5.74, 6) is 0. The predicted octanol–water partition coefficient (Wildman–Crippen LogP) is 3.73. The fourth-order valence-electron chi connectivity index (χ4n) is 1.71. The molecule has 0 aromatic carbocycles. The van der Waals surface area contributed by atoms with Crippen LogP contribution >= 0.6 is 0 Å². The van der Waals surface area contributed by atoms with Crippen LogP contribution in [0.1, 0.15) is 64.2 Å². The van der Waals surface area contributed by atoms with Crippen molar-refractivity contribution in [1.82, 2.24) is 0 Å². The molecule has 0 saturated heterocycles. The fraction of sp³-hybridized carbons (Fsp3) is 0.923. The van der Waals surface area contributed by atoms with Crippen molar-refractivity contribution >= 4 is 6.29 Å². The Morgan fingerprint density at radius 3 is 1.73 bits per heavy atom. The van der Waals surface area contributed by atoms with Gasteiger partial charge in [0.15, 0.2) is 0 Å². The van der Waals surface area contributed by atoms with Gasteiger partial charge in [-0.1, -0.05) is 44.9 Å². The molecule has 0 atom stereocenters. The van der Waals surface area contributed by atoms with Gasteiger partial charge in [-0.3, -0.25) is 0 Å². The van der Waals surface area contributed by atoms with Crippen molar-refractivity contribution in [2.24, 2.45) is 0 Å². The van der Waals surface area contributed by atoms with Gasteiger partial charge >= 0.3 is 0 Å². The van der Waals surface area contributed by atoms with Gasteiger partial charge in [0.05, 0.1) is 0 Å². The van der Waals surface area contributed by atoms with Gasteiger partial charge in [0, 0.05) is 20.1 Å². The number of methoxy groups -OCH3 is 1. The number of carbonyl (C=O) groups excluding carboxylic acids is 1. The molecule has 0 aromatic rings. The van der Waals surface area contributed by atoms with Crippen LogP contribution in [-0.2, 0) is 9.53 Å². The number of aldehydes is 1. The molecule has 0 spiro atoms. The number of rotatable bonds is 12. The normalized spacial score (nSPS) is 10.5. The zero-order chi connectivity index (χ0) is 11.2. The molecule has 0 aromatic heterocycles. The van der Waals surface area contributed by atoms with Crippen LogP contribution in [0.15, 0.2) is 0 Å². The molecule has 0 aliphatic rings. The maximum Gasteiger partial charge on any atom is 0.119 e. The second kappa shape index (κ2) is 13.6. The average Bonchev–Trinajstić information content (AvgIpc) is 2.26. The molecular weight excluding hydrogens is 188 g/mol. The van der Waals surface area contributed by atoms with Crippen molar-refractivity contribution in [1.29, 1.82) is 0 Å². The largest absolute Gasteiger partial charge is 0.385 e. The highest BCUT2D eigenvalue weighted by Crippen LogP contribution is 2.10. The maximum atomic E-state index is 10.1. The Morgan fingerprint density at radius 1 is 0.800 bits per heavy atom. The van der Waals surface area contributed by atoms with E-state index in [4.69, 9.17) is 4.74 Å². The van der Waals surface area contributed by atoms with E-state index in [9.17, 15) is 4.79 Å². The van der Waals surface area contributed by atoms with Crippen molar-refractivity contribution in [2.75, 3.05) is 13.7 Å². The number of hydrogen-bond acceptors (Lipinski definition) is 2. The molecule has 0 bridgehead atoms. The fourth-order valence-corrected chi connectivity index (χ4v) is 1.71. The van der Waals surface area contributed by atoms with Gasteiger partial charge in [-0.05, 0) is 12.8 Å². The highest BCUT2D eigenvalue weighted by atomic mass is 16.5. The maximum absolute atomic E-state index is 10.1. The summed E-state index contributed by atoms with van der Waals surface area (Å²) in [6.07, 6.45) is 13.3. The molecule has 0 aliphatic carbocycles. The summed E-state index contributed by atoms with van der Waals surface area (Å²) in [4.78, 5) is 10.1. The number of hydrogen-bond donors (Lipinski definition) is 0. The average molecular weight is 214 g/mol. The Kier molecular flexibility index (Phi) is 13.3. The molecule has 0 heterocycles. The molecule has 0 fully saturated rings. The zero-order valence-corrected chi connectivity index (χ0v) is 10.2. The monoisotopic (exact) mass is 214 g/mol. The van der Waals surface area contributed by atoms with Crippen molar-refractivity contribution in [3.8, 4) is 0 Å². The highest BCUT2D eigenvalue weighted by molar-refractivity contribution is 5.48. The Morgan fingerprint density at radius 2 is 1.27 bits per heavy atom. The van der Waals surface area contributed by atoms with Crippen LogP contribution in [0.25, 0.3) is 0 Å². The first kappa shape index (κ1) is 14.6. The summed E-state index contributed by atoms with van der Waals surface area (Å²) < 4.78 is 5.00. The second-order valence-corrected chi connectivity index (χ2v) is 4.13. The lowest BCUT2D eigenvalue weighted by molar-refractivity contribution is -0.107. The van der Waals surface area contributed by atoms with E-state index in [1.165, 1.54) is 51.4 Å². The van der Waals surface area contributed by atoms with E-state index in [1.807, 2.05) is 0 Å². The molecule has 2 nitrogen and oxygen atoms in total. The molecule has 0 rings (SSSR count). The highest BCUT2D eigenvalue weighted by Gasteiger charge is 1.92. The van der Waals surface area contributed by atoms with Crippen LogP contribution < -0.4 is 0 Å². The van der Waals surface area contributed by atoms with Crippen LogP contribution in [0.3, 0.4) is 0 Å². The second-order valence-electron chi connectivity index (χ2n) is 4.13. The lowest BCUT2D eigenvalue weighted by atomic mass is 10.1. The molecule has 0 radical (unpaired) electrons. The van der Waals surface area contributed by atoms with Crippen molar-refractivity contribution in [2.45, 2.75) is 64.2 Å². The quantitative estimate of drug-likeness (QED) is 0.365. The van der Waals surface area contributed by atoms with Crippen LogP contribution in [0, 0.1) is 0 Å². The minimum atomic E-state index is 0.747. The third-order valence-corrected chi connectivity index (χ3v) is 2.67. The number of unbranched alkanes of at least 4 members (excludes halogenated alkanes) is 9. The van der Waals surface area contributed by atoms with Crippen LogP contribution in [0.5, 0.6) is 0 Å². The first-order chi connectivity index (χ1) is 7.41. The number of carbonyl (C=O) groups is 1. The minimum absolute atomic E-state index is 0.747. The molecule has 0 amide bonds. The van der Waals surface area contributed by atoms with Crippen LogP contribution in [0.2, 0.25) is 0 Å². The van der Waals surface area contributed by atoms with Crippen molar-refractivity contribution in [3.63, 3.8) is 0 Å². The molecule has 0 N–H and O–H groups in total. The summed E-state index contributed by atoms with van der Waals surface area (Å²) in [5.41, 5.74) is 0. The standard InChI is InChI=1S/C13H26O2/c1-15-13-11-9-7-5-3-2-4-6-8-10-12-14/h12H,2-11,13H2,1H3. The molecule has 90 valence electrons. The van der Waals surface area contributed by atoms with E-state index in [-0.39, 0.29) is 0 Å². The Balaban J connectivity index is 2.83. The van der Waals surface area contributed by atoms with Crippen LogP contribution in [-0.4, -0.2) is 20.0 Å². The minimum Gasteiger partial charge on any atom is -0.385 e. The summed E-state index contributed by atoms with van der Waals surface area (Å²) in [7, 11) is 1.76. The van der Waals surface area contributed by atoms with Gasteiger partial charge in [-0.15, -0.1) is 0 Å².